The van der Waals surface area contributed by atoms with Crippen LogP contribution in [0.1, 0.15) is 16.8 Å². The van der Waals surface area contributed by atoms with Crippen LogP contribution >= 0.6 is 11.3 Å². The summed E-state index contributed by atoms with van der Waals surface area (Å²) in [4.78, 5) is 14.1. The fourth-order valence-electron chi connectivity index (χ4n) is 1.82. The minimum absolute atomic E-state index is 0.00360. The van der Waals surface area contributed by atoms with Crippen LogP contribution in [0.4, 0.5) is 5.69 Å². The number of hydrogen-bond donors (Lipinski definition) is 1. The Morgan fingerprint density at radius 2 is 2.10 bits per heavy atom. The lowest BCUT2D eigenvalue weighted by atomic mass is 10.1. The van der Waals surface area contributed by atoms with E-state index in [9.17, 15) is 18.5 Å². The summed E-state index contributed by atoms with van der Waals surface area (Å²) in [6, 6.07) is 2.74. The number of hydrogen-bond acceptors (Lipinski definition) is 6. The number of nitro groups is 1. The van der Waals surface area contributed by atoms with E-state index in [2.05, 4.69) is 9.71 Å². The molecule has 0 saturated carbocycles. The largest absolute Gasteiger partial charge is 0.289 e. The molecular formula is C12H13N3O4S2. The summed E-state index contributed by atoms with van der Waals surface area (Å²) >= 11 is 1.35. The van der Waals surface area contributed by atoms with E-state index in [1.807, 2.05) is 0 Å². The van der Waals surface area contributed by atoms with Gasteiger partial charge in [0.2, 0.25) is 10.0 Å². The Kier molecular flexibility index (Phi) is 4.35. The van der Waals surface area contributed by atoms with Crippen molar-refractivity contribution >= 4 is 27.0 Å². The van der Waals surface area contributed by atoms with E-state index in [0.29, 0.717) is 16.8 Å². The Labute approximate surface area is 125 Å². The molecule has 0 unspecified atom stereocenters. The maximum Gasteiger partial charge on any atom is 0.289 e. The zero-order valence-corrected chi connectivity index (χ0v) is 13.0. The minimum Gasteiger partial charge on any atom is -0.258 e. The van der Waals surface area contributed by atoms with Gasteiger partial charge in [-0.3, -0.25) is 10.1 Å². The Morgan fingerprint density at radius 3 is 2.67 bits per heavy atom. The molecule has 0 aliphatic rings. The topological polar surface area (TPSA) is 102 Å². The van der Waals surface area contributed by atoms with Crippen molar-refractivity contribution in [1.29, 1.82) is 0 Å². The van der Waals surface area contributed by atoms with E-state index in [4.69, 9.17) is 0 Å². The van der Waals surface area contributed by atoms with Gasteiger partial charge in [-0.15, -0.1) is 11.3 Å². The molecule has 0 aliphatic heterocycles. The monoisotopic (exact) mass is 327 g/mol. The van der Waals surface area contributed by atoms with Crippen molar-refractivity contribution in [2.24, 2.45) is 0 Å². The van der Waals surface area contributed by atoms with E-state index in [1.165, 1.54) is 23.5 Å². The highest BCUT2D eigenvalue weighted by Crippen LogP contribution is 2.29. The van der Waals surface area contributed by atoms with E-state index in [0.717, 1.165) is 0 Å². The third-order valence-corrected chi connectivity index (χ3v) is 5.26. The average Bonchev–Trinajstić information content (AvgIpc) is 2.92. The summed E-state index contributed by atoms with van der Waals surface area (Å²) in [5, 5.41) is 12.8. The number of rotatable bonds is 5. The number of thiazole rings is 1. The van der Waals surface area contributed by atoms with E-state index in [1.54, 1.807) is 24.7 Å². The molecule has 2 aromatic rings. The molecule has 0 radical (unpaired) electrons. The lowest BCUT2D eigenvalue weighted by molar-refractivity contribution is -0.387. The normalized spacial score (nSPS) is 11.5. The summed E-state index contributed by atoms with van der Waals surface area (Å²) in [5.41, 5.74) is 2.77. The quantitative estimate of drug-likeness (QED) is 0.669. The second-order valence-electron chi connectivity index (χ2n) is 4.42. The van der Waals surface area contributed by atoms with Crippen LogP contribution in [0.2, 0.25) is 0 Å². The van der Waals surface area contributed by atoms with Gasteiger partial charge in [-0.1, -0.05) is 6.07 Å². The van der Waals surface area contributed by atoms with Gasteiger partial charge in [-0.25, -0.2) is 18.1 Å². The number of sulfonamides is 1. The SMILES string of the molecule is Cc1ccc([N+](=O)[O-])c(S(=O)(=O)NCc2cscn2)c1C. The first-order valence-electron chi connectivity index (χ1n) is 5.94. The second-order valence-corrected chi connectivity index (χ2v) is 6.84. The number of nitrogens with one attached hydrogen (secondary N) is 1. The summed E-state index contributed by atoms with van der Waals surface area (Å²) in [5.74, 6) is 0. The third-order valence-electron chi connectivity index (χ3n) is 3.05. The third kappa shape index (κ3) is 3.26. The molecule has 21 heavy (non-hydrogen) atoms. The molecule has 0 saturated heterocycles. The lowest BCUT2D eigenvalue weighted by Gasteiger charge is -2.11. The highest BCUT2D eigenvalue weighted by molar-refractivity contribution is 7.89. The molecule has 1 aromatic carbocycles. The fraction of sp³-hybridized carbons (Fsp3) is 0.250. The van der Waals surface area contributed by atoms with Crippen molar-refractivity contribution in [3.63, 3.8) is 0 Å². The first-order chi connectivity index (χ1) is 9.83. The fourth-order valence-corrected chi connectivity index (χ4v) is 3.85. The molecule has 9 heteroatoms. The van der Waals surface area contributed by atoms with Gasteiger partial charge in [0.1, 0.15) is 0 Å². The van der Waals surface area contributed by atoms with E-state index < -0.39 is 20.6 Å². The minimum atomic E-state index is -3.99. The van der Waals surface area contributed by atoms with Crippen LogP contribution < -0.4 is 4.72 Å². The number of aryl methyl sites for hydroxylation is 1. The van der Waals surface area contributed by atoms with Gasteiger partial charge in [0.05, 0.1) is 22.7 Å². The lowest BCUT2D eigenvalue weighted by Crippen LogP contribution is -2.25. The Hall–Kier alpha value is -1.84. The van der Waals surface area contributed by atoms with Crippen LogP contribution in [-0.2, 0) is 16.6 Å². The molecule has 0 amide bonds. The Bertz CT molecular complexity index is 770. The van der Waals surface area contributed by atoms with Gasteiger partial charge in [-0.05, 0) is 25.0 Å². The number of nitro benzene ring substituents is 1. The predicted octanol–water partition coefficient (Wildman–Crippen LogP) is 2.15. The van der Waals surface area contributed by atoms with Gasteiger partial charge in [-0.2, -0.15) is 0 Å². The van der Waals surface area contributed by atoms with Crippen LogP contribution in [-0.4, -0.2) is 18.3 Å². The van der Waals surface area contributed by atoms with Gasteiger partial charge in [0, 0.05) is 11.4 Å². The summed E-state index contributed by atoms with van der Waals surface area (Å²) in [6.45, 7) is 3.26. The van der Waals surface area contributed by atoms with Crippen LogP contribution in [0.15, 0.2) is 27.9 Å². The van der Waals surface area contributed by atoms with E-state index >= 15 is 0 Å². The summed E-state index contributed by atoms with van der Waals surface area (Å²) < 4.78 is 27.1. The predicted molar refractivity (Wildman–Crippen MR) is 78.7 cm³/mol. The van der Waals surface area contributed by atoms with Crippen molar-refractivity contribution in [1.82, 2.24) is 9.71 Å². The number of aromatic nitrogens is 1. The summed E-state index contributed by atoms with van der Waals surface area (Å²) in [7, 11) is -3.99. The van der Waals surface area contributed by atoms with Crippen molar-refractivity contribution in [3.8, 4) is 0 Å². The second kappa shape index (κ2) is 5.88. The molecule has 0 bridgehead atoms. The van der Waals surface area contributed by atoms with Gasteiger partial charge in [0.15, 0.2) is 4.90 Å². The molecule has 7 nitrogen and oxygen atoms in total. The number of nitrogens with zero attached hydrogens (tertiary/aromatic N) is 2. The molecule has 0 atom stereocenters. The molecule has 0 spiro atoms. The highest BCUT2D eigenvalue weighted by Gasteiger charge is 2.28. The maximum absolute atomic E-state index is 12.4. The molecule has 1 heterocycles. The first kappa shape index (κ1) is 15.5. The standard InChI is InChI=1S/C12H13N3O4S2/c1-8-3-4-11(15(16)17)12(9(8)2)21(18,19)14-5-10-6-20-7-13-10/h3-4,6-7,14H,5H2,1-2H3. The summed E-state index contributed by atoms with van der Waals surface area (Å²) in [6.07, 6.45) is 0. The molecule has 0 aliphatic carbocycles. The van der Waals surface area contributed by atoms with Crippen LogP contribution in [0.3, 0.4) is 0 Å². The average molecular weight is 327 g/mol. The van der Waals surface area contributed by atoms with Crippen molar-refractivity contribution in [3.05, 3.63) is 50.0 Å². The zero-order valence-electron chi connectivity index (χ0n) is 11.4. The van der Waals surface area contributed by atoms with Crippen molar-refractivity contribution in [2.45, 2.75) is 25.3 Å². The van der Waals surface area contributed by atoms with Gasteiger partial charge < -0.3 is 0 Å². The van der Waals surface area contributed by atoms with Crippen molar-refractivity contribution < 1.29 is 13.3 Å². The number of benzene rings is 1. The highest BCUT2D eigenvalue weighted by atomic mass is 32.2. The zero-order chi connectivity index (χ0) is 15.6. The van der Waals surface area contributed by atoms with Crippen LogP contribution in [0, 0.1) is 24.0 Å². The Balaban J connectivity index is 2.43. The maximum atomic E-state index is 12.4. The molecule has 1 N–H and O–H groups in total. The Morgan fingerprint density at radius 1 is 1.38 bits per heavy atom. The molecule has 1 aromatic heterocycles. The van der Waals surface area contributed by atoms with Gasteiger partial charge >= 0.3 is 0 Å². The molecule has 112 valence electrons. The first-order valence-corrected chi connectivity index (χ1v) is 8.37. The van der Waals surface area contributed by atoms with Gasteiger partial charge in [0.25, 0.3) is 5.69 Å². The van der Waals surface area contributed by atoms with Crippen LogP contribution in [0.5, 0.6) is 0 Å². The van der Waals surface area contributed by atoms with E-state index in [-0.39, 0.29) is 11.4 Å². The molecular weight excluding hydrogens is 314 g/mol. The van der Waals surface area contributed by atoms with Crippen LogP contribution in [0.25, 0.3) is 0 Å². The molecule has 0 fully saturated rings. The van der Waals surface area contributed by atoms with Crippen molar-refractivity contribution in [2.75, 3.05) is 0 Å². The molecule has 2 rings (SSSR count). The smallest absolute Gasteiger partial charge is 0.258 e.